The first-order valence-corrected chi connectivity index (χ1v) is 9.69. The van der Waals surface area contributed by atoms with Crippen molar-refractivity contribution in [2.45, 2.75) is 25.8 Å². The summed E-state index contributed by atoms with van der Waals surface area (Å²) >= 11 is 0. The Morgan fingerprint density at radius 2 is 1.62 bits per heavy atom. The summed E-state index contributed by atoms with van der Waals surface area (Å²) in [6.07, 6.45) is 2.44. The van der Waals surface area contributed by atoms with Crippen molar-refractivity contribution < 1.29 is 14.3 Å². The van der Waals surface area contributed by atoms with Crippen molar-refractivity contribution in [3.8, 4) is 11.5 Å². The van der Waals surface area contributed by atoms with Gasteiger partial charge in [0, 0.05) is 32.7 Å². The molecule has 1 aromatic rings. The molecule has 2 saturated heterocycles. The molecule has 26 heavy (non-hydrogen) atoms. The zero-order valence-corrected chi connectivity index (χ0v) is 16.0. The molecule has 0 spiro atoms. The number of hydrogen-bond donors (Lipinski definition) is 0. The Balaban J connectivity index is 1.36. The summed E-state index contributed by atoms with van der Waals surface area (Å²) in [4.78, 5) is 19.4. The Labute approximate surface area is 156 Å². The lowest BCUT2D eigenvalue weighted by Crippen LogP contribution is -2.54. The van der Waals surface area contributed by atoms with Gasteiger partial charge in [0.1, 0.15) is 18.1 Å². The van der Waals surface area contributed by atoms with Crippen LogP contribution in [0.15, 0.2) is 24.3 Å². The highest BCUT2D eigenvalue weighted by Gasteiger charge is 2.29. The van der Waals surface area contributed by atoms with Crippen LogP contribution in [0.3, 0.4) is 0 Å². The second-order valence-electron chi connectivity index (χ2n) is 7.11. The second-order valence-corrected chi connectivity index (χ2v) is 7.11. The van der Waals surface area contributed by atoms with Gasteiger partial charge in [0.2, 0.25) is 5.91 Å². The maximum absolute atomic E-state index is 12.7. The number of carbonyl (C=O) groups is 1. The van der Waals surface area contributed by atoms with Crippen molar-refractivity contribution in [1.82, 2.24) is 14.7 Å². The third-order valence-corrected chi connectivity index (χ3v) is 5.47. The smallest absolute Gasteiger partial charge is 0.239 e. The molecule has 2 fully saturated rings. The van der Waals surface area contributed by atoms with E-state index in [1.54, 1.807) is 7.11 Å². The number of hydrogen-bond acceptors (Lipinski definition) is 5. The normalized spacial score (nSPS) is 20.2. The molecule has 0 radical (unpaired) electrons. The summed E-state index contributed by atoms with van der Waals surface area (Å²) in [6, 6.07) is 7.69. The Hall–Kier alpha value is -1.79. The summed E-state index contributed by atoms with van der Waals surface area (Å²) < 4.78 is 11.0. The number of rotatable bonds is 7. The van der Waals surface area contributed by atoms with E-state index in [9.17, 15) is 4.79 Å². The highest BCUT2D eigenvalue weighted by Crippen LogP contribution is 2.17. The molecule has 6 nitrogen and oxygen atoms in total. The van der Waals surface area contributed by atoms with Gasteiger partial charge in [-0.15, -0.1) is 0 Å². The molecule has 2 aliphatic heterocycles. The molecule has 0 aliphatic carbocycles. The van der Waals surface area contributed by atoms with Crippen molar-refractivity contribution in [2.24, 2.45) is 0 Å². The summed E-state index contributed by atoms with van der Waals surface area (Å²) in [5.74, 6) is 1.99. The van der Waals surface area contributed by atoms with Gasteiger partial charge in [-0.25, -0.2) is 0 Å². The molecule has 6 heteroatoms. The minimum Gasteiger partial charge on any atom is -0.497 e. The predicted octanol–water partition coefficient (Wildman–Crippen LogP) is 1.70. The largest absolute Gasteiger partial charge is 0.497 e. The molecule has 2 aliphatic rings. The number of piperazine rings is 1. The van der Waals surface area contributed by atoms with Crippen LogP contribution in [0.2, 0.25) is 0 Å². The van der Waals surface area contributed by atoms with E-state index < -0.39 is 0 Å². The highest BCUT2D eigenvalue weighted by atomic mass is 16.5. The first-order valence-electron chi connectivity index (χ1n) is 9.69. The average Bonchev–Trinajstić information content (AvgIpc) is 3.23. The molecule has 1 amide bonds. The van der Waals surface area contributed by atoms with Gasteiger partial charge in [-0.3, -0.25) is 14.6 Å². The van der Waals surface area contributed by atoms with Crippen LogP contribution in [-0.2, 0) is 4.79 Å². The minimum atomic E-state index is 0.0301. The van der Waals surface area contributed by atoms with Gasteiger partial charge in [-0.1, -0.05) is 0 Å². The van der Waals surface area contributed by atoms with Gasteiger partial charge in [-0.05, 0) is 57.1 Å². The molecule has 1 aromatic carbocycles. The average molecular weight is 361 g/mol. The fourth-order valence-corrected chi connectivity index (χ4v) is 3.71. The van der Waals surface area contributed by atoms with Crippen molar-refractivity contribution in [2.75, 3.05) is 59.5 Å². The number of methoxy groups -OCH3 is 1. The van der Waals surface area contributed by atoms with Gasteiger partial charge in [-0.2, -0.15) is 0 Å². The van der Waals surface area contributed by atoms with Crippen LogP contribution in [0.25, 0.3) is 0 Å². The third-order valence-electron chi connectivity index (χ3n) is 5.47. The minimum absolute atomic E-state index is 0.0301. The zero-order valence-electron chi connectivity index (χ0n) is 16.0. The number of carbonyl (C=O) groups excluding carboxylic acids is 1. The fraction of sp³-hybridized carbons (Fsp3) is 0.650. The number of ether oxygens (including phenoxy) is 2. The van der Waals surface area contributed by atoms with Crippen LogP contribution in [-0.4, -0.2) is 86.2 Å². The van der Waals surface area contributed by atoms with Crippen molar-refractivity contribution in [1.29, 1.82) is 0 Å². The third kappa shape index (κ3) is 4.89. The molecular formula is C20H31N3O3. The van der Waals surface area contributed by atoms with Gasteiger partial charge in [0.05, 0.1) is 13.2 Å². The Bertz CT molecular complexity index is 564. The monoisotopic (exact) mass is 361 g/mol. The second kappa shape index (κ2) is 9.24. The predicted molar refractivity (Wildman–Crippen MR) is 102 cm³/mol. The van der Waals surface area contributed by atoms with Crippen LogP contribution >= 0.6 is 0 Å². The number of nitrogens with zero attached hydrogens (tertiary/aromatic N) is 3. The lowest BCUT2D eigenvalue weighted by molar-refractivity contribution is -0.137. The van der Waals surface area contributed by atoms with Gasteiger partial charge < -0.3 is 14.4 Å². The van der Waals surface area contributed by atoms with Gasteiger partial charge in [0.25, 0.3) is 0 Å². The zero-order chi connectivity index (χ0) is 18.4. The van der Waals surface area contributed by atoms with Crippen LogP contribution in [0.5, 0.6) is 11.5 Å². The molecule has 0 aromatic heterocycles. The molecule has 144 valence electrons. The first-order chi connectivity index (χ1) is 12.7. The quantitative estimate of drug-likeness (QED) is 0.740. The molecule has 1 atom stereocenters. The van der Waals surface area contributed by atoms with E-state index in [0.29, 0.717) is 12.5 Å². The van der Waals surface area contributed by atoms with Gasteiger partial charge in [0.15, 0.2) is 0 Å². The number of benzene rings is 1. The Kier molecular flexibility index (Phi) is 6.74. The molecule has 2 heterocycles. The summed E-state index contributed by atoms with van der Waals surface area (Å²) in [6.45, 7) is 9.21. The molecule has 0 bridgehead atoms. The molecular weight excluding hydrogens is 330 g/mol. The van der Waals surface area contributed by atoms with E-state index in [1.165, 1.54) is 12.8 Å². The van der Waals surface area contributed by atoms with Crippen molar-refractivity contribution in [3.63, 3.8) is 0 Å². The fourth-order valence-electron chi connectivity index (χ4n) is 3.71. The standard InChI is InChI=1S/C20H31N3O3/c1-17(22-9-3-4-10-22)20(24)23-13-11-21(12-14-23)15-16-26-19-7-5-18(25-2)6-8-19/h5-8,17H,3-4,9-16H2,1-2H3. The van der Waals surface area contributed by atoms with E-state index >= 15 is 0 Å². The molecule has 3 rings (SSSR count). The van der Waals surface area contributed by atoms with E-state index in [0.717, 1.165) is 57.3 Å². The summed E-state index contributed by atoms with van der Waals surface area (Å²) in [5.41, 5.74) is 0. The van der Waals surface area contributed by atoms with E-state index in [1.807, 2.05) is 29.2 Å². The molecule has 0 saturated carbocycles. The maximum atomic E-state index is 12.7. The van der Waals surface area contributed by atoms with Crippen LogP contribution < -0.4 is 9.47 Å². The van der Waals surface area contributed by atoms with Crippen LogP contribution in [0.4, 0.5) is 0 Å². The topological polar surface area (TPSA) is 45.3 Å². The van der Waals surface area contributed by atoms with E-state index in [4.69, 9.17) is 9.47 Å². The maximum Gasteiger partial charge on any atom is 0.239 e. The lowest BCUT2D eigenvalue weighted by Gasteiger charge is -2.37. The summed E-state index contributed by atoms with van der Waals surface area (Å²) in [7, 11) is 1.66. The first kappa shape index (κ1) is 19.0. The Morgan fingerprint density at radius 1 is 1.00 bits per heavy atom. The van der Waals surface area contributed by atoms with E-state index in [-0.39, 0.29) is 6.04 Å². The number of amides is 1. The van der Waals surface area contributed by atoms with E-state index in [2.05, 4.69) is 16.7 Å². The Morgan fingerprint density at radius 3 is 2.23 bits per heavy atom. The van der Waals surface area contributed by atoms with Gasteiger partial charge >= 0.3 is 0 Å². The SMILES string of the molecule is COc1ccc(OCCN2CCN(C(=O)C(C)N3CCCC3)CC2)cc1. The van der Waals surface area contributed by atoms with Crippen molar-refractivity contribution >= 4 is 5.91 Å². The molecule has 1 unspecified atom stereocenters. The summed E-state index contributed by atoms with van der Waals surface area (Å²) in [5, 5.41) is 0. The number of likely N-dealkylation sites (tertiary alicyclic amines) is 1. The van der Waals surface area contributed by atoms with Crippen molar-refractivity contribution in [3.05, 3.63) is 24.3 Å². The molecule has 0 N–H and O–H groups in total. The highest BCUT2D eigenvalue weighted by molar-refractivity contribution is 5.81. The van der Waals surface area contributed by atoms with Crippen LogP contribution in [0, 0.1) is 0 Å². The lowest BCUT2D eigenvalue weighted by atomic mass is 10.2. The van der Waals surface area contributed by atoms with Crippen LogP contribution in [0.1, 0.15) is 19.8 Å².